The first-order chi connectivity index (χ1) is 16.7. The van der Waals surface area contributed by atoms with Crippen molar-refractivity contribution < 1.29 is 18.7 Å². The summed E-state index contributed by atoms with van der Waals surface area (Å²) in [4.78, 5) is 27.0. The molecule has 6 heteroatoms. The van der Waals surface area contributed by atoms with E-state index in [-0.39, 0.29) is 24.5 Å². The molecule has 1 N–H and O–H groups in total. The Labute approximate surface area is 198 Å². The van der Waals surface area contributed by atoms with E-state index in [0.29, 0.717) is 43.0 Å². The summed E-state index contributed by atoms with van der Waals surface area (Å²) in [5.74, 6) is 1.45. The lowest BCUT2D eigenvalue weighted by atomic mass is 10.0. The molecule has 0 radical (unpaired) electrons. The van der Waals surface area contributed by atoms with Crippen LogP contribution in [0.1, 0.15) is 39.5 Å². The van der Waals surface area contributed by atoms with Gasteiger partial charge in [0.1, 0.15) is 18.1 Å². The van der Waals surface area contributed by atoms with Crippen molar-refractivity contribution >= 4 is 22.6 Å². The number of likely N-dealkylation sites (tertiary alicyclic amines) is 1. The standard InChI is InChI=1S/C28H26N2O4/c31-27(21-7-2-1-3-8-21)29-23-14-16-30(17-15-23)28(32)26-13-12-25(34-26)19-33-24-11-10-20-6-4-5-9-22(20)18-24/h1-13,18,23H,14-17,19H2,(H,29,31). The van der Waals surface area contributed by atoms with Gasteiger partial charge < -0.3 is 19.4 Å². The normalized spacial score (nSPS) is 14.2. The molecular weight excluding hydrogens is 428 g/mol. The van der Waals surface area contributed by atoms with Crippen LogP contribution >= 0.6 is 0 Å². The van der Waals surface area contributed by atoms with Crippen LogP contribution in [0.15, 0.2) is 89.3 Å². The van der Waals surface area contributed by atoms with E-state index >= 15 is 0 Å². The van der Waals surface area contributed by atoms with Crippen molar-refractivity contribution in [1.82, 2.24) is 10.2 Å². The maximum atomic E-state index is 12.9. The average Bonchev–Trinajstić information content (AvgIpc) is 3.37. The molecule has 1 aliphatic rings. The topological polar surface area (TPSA) is 71.8 Å². The van der Waals surface area contributed by atoms with Gasteiger partial charge in [-0.15, -0.1) is 0 Å². The minimum atomic E-state index is -0.134. The predicted octanol–water partition coefficient (Wildman–Crippen LogP) is 5.05. The van der Waals surface area contributed by atoms with E-state index in [2.05, 4.69) is 11.4 Å². The Balaban J connectivity index is 1.12. The number of carbonyl (C=O) groups excluding carboxylic acids is 2. The number of amides is 2. The van der Waals surface area contributed by atoms with E-state index in [1.165, 1.54) is 0 Å². The van der Waals surface area contributed by atoms with Crippen LogP contribution in [0.3, 0.4) is 0 Å². The van der Waals surface area contributed by atoms with Crippen LogP contribution in [-0.2, 0) is 6.61 Å². The summed E-state index contributed by atoms with van der Waals surface area (Å²) in [5.41, 5.74) is 0.648. The minimum Gasteiger partial charge on any atom is -0.486 e. The minimum absolute atomic E-state index is 0.0549. The second-order valence-corrected chi connectivity index (χ2v) is 8.47. The summed E-state index contributed by atoms with van der Waals surface area (Å²) in [6.45, 7) is 1.39. The van der Waals surface area contributed by atoms with Gasteiger partial charge in [0.05, 0.1) is 0 Å². The zero-order valence-corrected chi connectivity index (χ0v) is 18.8. The van der Waals surface area contributed by atoms with Crippen LogP contribution < -0.4 is 10.1 Å². The average molecular weight is 455 g/mol. The van der Waals surface area contributed by atoms with Crippen LogP contribution in [0.25, 0.3) is 10.8 Å². The molecule has 6 nitrogen and oxygen atoms in total. The van der Waals surface area contributed by atoms with E-state index in [0.717, 1.165) is 16.5 Å². The van der Waals surface area contributed by atoms with Crippen molar-refractivity contribution in [3.63, 3.8) is 0 Å². The van der Waals surface area contributed by atoms with Gasteiger partial charge >= 0.3 is 0 Å². The predicted molar refractivity (Wildman–Crippen MR) is 130 cm³/mol. The summed E-state index contributed by atoms with van der Waals surface area (Å²) in [6, 6.07) is 26.8. The van der Waals surface area contributed by atoms with Gasteiger partial charge in [0.2, 0.25) is 0 Å². The third-order valence-corrected chi connectivity index (χ3v) is 6.13. The zero-order chi connectivity index (χ0) is 23.3. The number of nitrogens with one attached hydrogen (secondary N) is 1. The highest BCUT2D eigenvalue weighted by atomic mass is 16.5. The molecule has 0 bridgehead atoms. The van der Waals surface area contributed by atoms with Crippen molar-refractivity contribution in [3.05, 3.63) is 102 Å². The van der Waals surface area contributed by atoms with E-state index in [4.69, 9.17) is 9.15 Å². The monoisotopic (exact) mass is 454 g/mol. The molecule has 172 valence electrons. The fraction of sp³-hybridized carbons (Fsp3) is 0.214. The second kappa shape index (κ2) is 9.83. The molecule has 1 aromatic heterocycles. The van der Waals surface area contributed by atoms with E-state index < -0.39 is 0 Å². The Morgan fingerprint density at radius 1 is 0.882 bits per heavy atom. The lowest BCUT2D eigenvalue weighted by Crippen LogP contribution is -2.46. The van der Waals surface area contributed by atoms with Crippen LogP contribution in [0, 0.1) is 0 Å². The number of hydrogen-bond donors (Lipinski definition) is 1. The third-order valence-electron chi connectivity index (χ3n) is 6.13. The number of benzene rings is 3. The maximum Gasteiger partial charge on any atom is 0.289 e. The molecule has 34 heavy (non-hydrogen) atoms. The van der Waals surface area contributed by atoms with Crippen LogP contribution in [0.4, 0.5) is 0 Å². The lowest BCUT2D eigenvalue weighted by Gasteiger charge is -2.31. The molecule has 0 atom stereocenters. The van der Waals surface area contributed by atoms with Crippen molar-refractivity contribution in [3.8, 4) is 5.75 Å². The Morgan fingerprint density at radius 3 is 2.41 bits per heavy atom. The first kappa shape index (κ1) is 21.8. The van der Waals surface area contributed by atoms with Crippen LogP contribution in [-0.4, -0.2) is 35.8 Å². The van der Waals surface area contributed by atoms with Gasteiger partial charge in [0, 0.05) is 24.7 Å². The Bertz CT molecular complexity index is 1290. The van der Waals surface area contributed by atoms with Gasteiger partial charge in [-0.1, -0.05) is 48.5 Å². The summed E-state index contributed by atoms with van der Waals surface area (Å²) in [7, 11) is 0. The number of nitrogens with zero attached hydrogens (tertiary/aromatic N) is 1. The number of piperidine rings is 1. The largest absolute Gasteiger partial charge is 0.486 e. The van der Waals surface area contributed by atoms with Crippen molar-refractivity contribution in [1.29, 1.82) is 0 Å². The number of fused-ring (bicyclic) bond motifs is 1. The number of rotatable bonds is 6. The van der Waals surface area contributed by atoms with Gasteiger partial charge in [-0.3, -0.25) is 9.59 Å². The molecule has 1 aliphatic heterocycles. The highest BCUT2D eigenvalue weighted by Crippen LogP contribution is 2.22. The quantitative estimate of drug-likeness (QED) is 0.443. The molecule has 1 fully saturated rings. The SMILES string of the molecule is O=C(NC1CCN(C(=O)c2ccc(COc3ccc4ccccc4c3)o2)CC1)c1ccccc1. The van der Waals surface area contributed by atoms with Gasteiger partial charge in [-0.05, 0) is 60.0 Å². The van der Waals surface area contributed by atoms with Gasteiger partial charge in [-0.25, -0.2) is 0 Å². The van der Waals surface area contributed by atoms with Crippen LogP contribution in [0.2, 0.25) is 0 Å². The summed E-state index contributed by atoms with van der Waals surface area (Å²) in [6.07, 6.45) is 1.42. The van der Waals surface area contributed by atoms with Crippen LogP contribution in [0.5, 0.6) is 5.75 Å². The van der Waals surface area contributed by atoms with E-state index in [9.17, 15) is 9.59 Å². The Hall–Kier alpha value is -4.06. The van der Waals surface area contributed by atoms with Crippen molar-refractivity contribution in [2.75, 3.05) is 13.1 Å². The molecule has 0 unspecified atom stereocenters. The molecule has 4 aromatic rings. The zero-order valence-electron chi connectivity index (χ0n) is 18.8. The second-order valence-electron chi connectivity index (χ2n) is 8.47. The lowest BCUT2D eigenvalue weighted by molar-refractivity contribution is 0.0663. The smallest absolute Gasteiger partial charge is 0.289 e. The highest BCUT2D eigenvalue weighted by Gasteiger charge is 2.26. The van der Waals surface area contributed by atoms with E-state index in [1.54, 1.807) is 29.2 Å². The molecule has 2 heterocycles. The first-order valence-corrected chi connectivity index (χ1v) is 11.5. The fourth-order valence-electron chi connectivity index (χ4n) is 4.22. The molecule has 1 saturated heterocycles. The summed E-state index contributed by atoms with van der Waals surface area (Å²) in [5, 5.41) is 5.33. The van der Waals surface area contributed by atoms with Crippen molar-refractivity contribution in [2.45, 2.75) is 25.5 Å². The number of ether oxygens (including phenoxy) is 1. The summed E-state index contributed by atoms with van der Waals surface area (Å²) >= 11 is 0. The Kier molecular flexibility index (Phi) is 6.29. The molecule has 2 amide bonds. The van der Waals surface area contributed by atoms with Crippen molar-refractivity contribution in [2.24, 2.45) is 0 Å². The highest BCUT2D eigenvalue weighted by molar-refractivity contribution is 5.94. The Morgan fingerprint density at radius 2 is 1.62 bits per heavy atom. The molecule has 0 saturated carbocycles. The van der Waals surface area contributed by atoms with Gasteiger partial charge in [0.15, 0.2) is 5.76 Å². The molecule has 0 aliphatic carbocycles. The number of carbonyl (C=O) groups is 2. The fourth-order valence-corrected chi connectivity index (χ4v) is 4.22. The van der Waals surface area contributed by atoms with E-state index in [1.807, 2.05) is 54.6 Å². The third kappa shape index (κ3) is 4.96. The van der Waals surface area contributed by atoms with Gasteiger partial charge in [0.25, 0.3) is 11.8 Å². The summed E-state index contributed by atoms with van der Waals surface area (Å²) < 4.78 is 11.6. The van der Waals surface area contributed by atoms with Gasteiger partial charge in [-0.2, -0.15) is 0 Å². The number of hydrogen-bond acceptors (Lipinski definition) is 4. The number of furan rings is 1. The molecule has 5 rings (SSSR count). The molecule has 3 aromatic carbocycles. The molecule has 0 spiro atoms. The first-order valence-electron chi connectivity index (χ1n) is 11.5. The molecular formula is C28H26N2O4. The maximum absolute atomic E-state index is 12.9.